The topological polar surface area (TPSA) is 70.0 Å². The molecule has 2 saturated heterocycles. The molecule has 2 aliphatic rings. The van der Waals surface area contributed by atoms with Crippen LogP contribution in [0.5, 0.6) is 0 Å². The Bertz CT molecular complexity index is 1110. The average Bonchev–Trinajstić information content (AvgIpc) is 3.21. The molecule has 2 fully saturated rings. The molecular formula is C23H27N3O3S2. The quantitative estimate of drug-likeness (QED) is 0.681. The molecule has 0 aromatic heterocycles. The summed E-state index contributed by atoms with van der Waals surface area (Å²) >= 11 is 1.40. The third-order valence-corrected chi connectivity index (χ3v) is 9.06. The van der Waals surface area contributed by atoms with E-state index >= 15 is 0 Å². The summed E-state index contributed by atoms with van der Waals surface area (Å²) in [5.41, 5.74) is 3.60. The number of anilines is 2. The highest BCUT2D eigenvalue weighted by atomic mass is 32.2. The largest absolute Gasteiger partial charge is 0.372 e. The summed E-state index contributed by atoms with van der Waals surface area (Å²) < 4.78 is 24.6. The van der Waals surface area contributed by atoms with Gasteiger partial charge in [-0.3, -0.25) is 4.79 Å². The molecule has 31 heavy (non-hydrogen) atoms. The van der Waals surface area contributed by atoms with Crippen molar-refractivity contribution in [3.05, 3.63) is 59.7 Å². The first-order valence-electron chi connectivity index (χ1n) is 10.5. The summed E-state index contributed by atoms with van der Waals surface area (Å²) in [7, 11) is -3.10. The fourth-order valence-corrected chi connectivity index (χ4v) is 8.18. The van der Waals surface area contributed by atoms with Crippen LogP contribution < -0.4 is 9.80 Å². The lowest BCUT2D eigenvalue weighted by Crippen LogP contribution is -2.38. The van der Waals surface area contributed by atoms with E-state index in [1.54, 1.807) is 12.1 Å². The Kier molecular flexibility index (Phi) is 6.12. The number of amides is 1. The number of nitrogens with zero attached hydrogens (tertiary/aromatic N) is 3. The van der Waals surface area contributed by atoms with Gasteiger partial charge in [0.1, 0.15) is 0 Å². The van der Waals surface area contributed by atoms with Gasteiger partial charge in [0.15, 0.2) is 15.0 Å². The molecule has 164 valence electrons. The van der Waals surface area contributed by atoms with E-state index in [0.29, 0.717) is 10.7 Å². The molecule has 2 aromatic rings. The molecule has 0 aliphatic carbocycles. The number of carbonyl (C=O) groups excluding carboxylic acids is 1. The van der Waals surface area contributed by atoms with Crippen LogP contribution in [0.1, 0.15) is 29.8 Å². The van der Waals surface area contributed by atoms with E-state index in [4.69, 9.17) is 0 Å². The lowest BCUT2D eigenvalue weighted by molar-refractivity contribution is 0.100. The van der Waals surface area contributed by atoms with Crippen molar-refractivity contribution in [1.29, 1.82) is 0 Å². The third-order valence-electron chi connectivity index (χ3n) is 5.85. The normalized spacial score (nSPS) is 23.2. The van der Waals surface area contributed by atoms with Gasteiger partial charge in [0.25, 0.3) is 5.91 Å². The maximum atomic E-state index is 12.8. The third kappa shape index (κ3) is 4.36. The van der Waals surface area contributed by atoms with Crippen molar-refractivity contribution in [3.63, 3.8) is 0 Å². The minimum atomic E-state index is -3.10. The van der Waals surface area contributed by atoms with Crippen LogP contribution in [0, 0.1) is 6.92 Å². The van der Waals surface area contributed by atoms with Gasteiger partial charge in [-0.25, -0.2) is 8.42 Å². The van der Waals surface area contributed by atoms with E-state index in [1.165, 1.54) is 11.8 Å². The summed E-state index contributed by atoms with van der Waals surface area (Å²) in [4.78, 5) is 21.4. The Morgan fingerprint density at radius 3 is 2.48 bits per heavy atom. The van der Waals surface area contributed by atoms with Gasteiger partial charge in [0.2, 0.25) is 0 Å². The molecule has 1 amide bonds. The van der Waals surface area contributed by atoms with Gasteiger partial charge in [-0.05, 0) is 56.7 Å². The van der Waals surface area contributed by atoms with Crippen molar-refractivity contribution in [2.75, 3.05) is 34.4 Å². The van der Waals surface area contributed by atoms with Crippen molar-refractivity contribution in [1.82, 2.24) is 0 Å². The zero-order valence-corrected chi connectivity index (χ0v) is 19.6. The first-order chi connectivity index (χ1) is 14.8. The monoisotopic (exact) mass is 457 g/mol. The minimum absolute atomic E-state index is 0.0838. The number of carbonyl (C=O) groups is 1. The van der Waals surface area contributed by atoms with Crippen LogP contribution >= 0.6 is 11.8 Å². The highest BCUT2D eigenvalue weighted by Crippen LogP contribution is 2.42. The van der Waals surface area contributed by atoms with E-state index in [2.05, 4.69) is 35.9 Å². The predicted octanol–water partition coefficient (Wildman–Crippen LogP) is 3.76. The van der Waals surface area contributed by atoms with Crippen LogP contribution in [0.3, 0.4) is 0 Å². The van der Waals surface area contributed by atoms with Gasteiger partial charge in [-0.1, -0.05) is 30.0 Å². The smallest absolute Gasteiger partial charge is 0.279 e. The summed E-state index contributed by atoms with van der Waals surface area (Å²) in [5.74, 6) is -0.109. The van der Waals surface area contributed by atoms with E-state index in [9.17, 15) is 13.2 Å². The van der Waals surface area contributed by atoms with E-state index in [-0.39, 0.29) is 28.7 Å². The molecule has 0 bridgehead atoms. The number of hydrogen-bond donors (Lipinski definition) is 0. The average molecular weight is 458 g/mol. The lowest BCUT2D eigenvalue weighted by atomic mass is 10.1. The second-order valence-electron chi connectivity index (χ2n) is 7.88. The molecule has 0 N–H and O–H groups in total. The minimum Gasteiger partial charge on any atom is -0.372 e. The van der Waals surface area contributed by atoms with E-state index < -0.39 is 9.84 Å². The number of fused-ring (bicyclic) bond motifs is 1. The fraction of sp³-hybridized carbons (Fsp3) is 0.391. The number of rotatable bonds is 5. The van der Waals surface area contributed by atoms with Gasteiger partial charge in [-0.2, -0.15) is 4.99 Å². The van der Waals surface area contributed by atoms with Gasteiger partial charge in [0, 0.05) is 35.3 Å². The van der Waals surface area contributed by atoms with Crippen LogP contribution in [-0.4, -0.2) is 55.4 Å². The van der Waals surface area contributed by atoms with Crippen LogP contribution in [0.2, 0.25) is 0 Å². The molecular weight excluding hydrogens is 430 g/mol. The number of amidine groups is 1. The second kappa shape index (κ2) is 8.67. The Morgan fingerprint density at radius 1 is 1.13 bits per heavy atom. The SMILES string of the molecule is CCN(CC)c1ccc(N2C(=NC(=O)c3ccccc3)SC3CS(=O)(=O)CC32)c(C)c1. The summed E-state index contributed by atoms with van der Waals surface area (Å²) in [6.45, 7) is 8.10. The van der Waals surface area contributed by atoms with Gasteiger partial charge in [0.05, 0.1) is 17.5 Å². The van der Waals surface area contributed by atoms with Crippen LogP contribution in [0.25, 0.3) is 0 Å². The molecule has 0 saturated carbocycles. The summed E-state index contributed by atoms with van der Waals surface area (Å²) in [6, 6.07) is 15.0. The molecule has 0 spiro atoms. The molecule has 0 radical (unpaired) electrons. The number of hydrogen-bond acceptors (Lipinski definition) is 5. The maximum Gasteiger partial charge on any atom is 0.279 e. The van der Waals surface area contributed by atoms with Crippen molar-refractivity contribution >= 4 is 44.0 Å². The first kappa shape index (κ1) is 21.9. The van der Waals surface area contributed by atoms with Gasteiger partial charge in [-0.15, -0.1) is 0 Å². The molecule has 2 unspecified atom stereocenters. The van der Waals surface area contributed by atoms with Crippen molar-refractivity contribution in [2.24, 2.45) is 4.99 Å². The highest BCUT2D eigenvalue weighted by molar-refractivity contribution is 8.16. The molecule has 4 rings (SSSR count). The van der Waals surface area contributed by atoms with Crippen LogP contribution in [0.4, 0.5) is 11.4 Å². The Morgan fingerprint density at radius 2 is 1.84 bits per heavy atom. The molecule has 2 aromatic carbocycles. The van der Waals surface area contributed by atoms with E-state index in [0.717, 1.165) is 30.0 Å². The molecule has 8 heteroatoms. The molecule has 6 nitrogen and oxygen atoms in total. The lowest BCUT2D eigenvalue weighted by Gasteiger charge is -2.28. The Labute approximate surface area is 188 Å². The fourth-order valence-electron chi connectivity index (χ4n) is 4.27. The summed E-state index contributed by atoms with van der Waals surface area (Å²) in [5, 5.41) is 0.464. The summed E-state index contributed by atoms with van der Waals surface area (Å²) in [6.07, 6.45) is 0. The number of benzene rings is 2. The Hall–Kier alpha value is -2.32. The van der Waals surface area contributed by atoms with Gasteiger partial charge < -0.3 is 9.80 Å². The maximum absolute atomic E-state index is 12.8. The molecule has 2 aliphatic heterocycles. The number of sulfone groups is 1. The first-order valence-corrected chi connectivity index (χ1v) is 13.2. The van der Waals surface area contributed by atoms with Crippen molar-refractivity contribution in [2.45, 2.75) is 32.1 Å². The van der Waals surface area contributed by atoms with Crippen LogP contribution in [0.15, 0.2) is 53.5 Å². The standard InChI is InChI=1S/C23H27N3O3S2/c1-4-25(5-2)18-11-12-19(16(3)13-18)26-20-14-31(28,29)15-21(20)30-23(26)24-22(27)17-9-7-6-8-10-17/h6-13,20-21H,4-5,14-15H2,1-3H3. The number of thioether (sulfide) groups is 1. The van der Waals surface area contributed by atoms with E-state index in [1.807, 2.05) is 36.1 Å². The predicted molar refractivity (Wildman–Crippen MR) is 129 cm³/mol. The van der Waals surface area contributed by atoms with Gasteiger partial charge >= 0.3 is 0 Å². The molecule has 2 atom stereocenters. The van der Waals surface area contributed by atoms with Crippen molar-refractivity contribution < 1.29 is 13.2 Å². The van der Waals surface area contributed by atoms with Crippen LogP contribution in [-0.2, 0) is 9.84 Å². The number of aryl methyl sites for hydroxylation is 1. The molecule has 2 heterocycles. The zero-order valence-electron chi connectivity index (χ0n) is 18.0. The number of aliphatic imine (C=N–C) groups is 1. The Balaban J connectivity index is 1.74. The van der Waals surface area contributed by atoms with Crippen molar-refractivity contribution in [3.8, 4) is 0 Å². The zero-order chi connectivity index (χ0) is 22.2. The second-order valence-corrected chi connectivity index (χ2v) is 11.2. The highest BCUT2D eigenvalue weighted by Gasteiger charge is 2.49.